The minimum atomic E-state index is 0.134. The topological polar surface area (TPSA) is 27.1 Å². The molecule has 0 fully saturated rings. The largest absolute Gasteiger partial charge is 0.489 e. The van der Waals surface area contributed by atoms with E-state index in [9.17, 15) is 0 Å². The number of ether oxygens (including phenoxy) is 1. The Balaban J connectivity index is 1.92. The third kappa shape index (κ3) is 3.23. The van der Waals surface area contributed by atoms with Crippen LogP contribution in [0.5, 0.6) is 5.75 Å². The van der Waals surface area contributed by atoms with E-state index in [0.29, 0.717) is 0 Å². The van der Waals surface area contributed by atoms with Gasteiger partial charge in [-0.3, -0.25) is 0 Å². The number of benzene rings is 1. The van der Waals surface area contributed by atoms with E-state index in [2.05, 4.69) is 34.5 Å². The monoisotopic (exact) mass is 328 g/mol. The maximum Gasteiger partial charge on any atom is 0.119 e. The molecule has 4 heteroatoms. The summed E-state index contributed by atoms with van der Waals surface area (Å²) in [6.45, 7) is 2.87. The van der Waals surface area contributed by atoms with E-state index < -0.39 is 0 Å². The maximum atomic E-state index is 5.79. The average Bonchev–Trinajstić information content (AvgIpc) is 2.74. The van der Waals surface area contributed by atoms with Crippen molar-refractivity contribution in [1.82, 2.24) is 9.55 Å². The van der Waals surface area contributed by atoms with E-state index in [-0.39, 0.29) is 6.10 Å². The maximum absolute atomic E-state index is 5.79. The van der Waals surface area contributed by atoms with E-state index in [0.717, 1.165) is 12.3 Å². The quantitative estimate of drug-likeness (QED) is 0.807. The highest BCUT2D eigenvalue weighted by Crippen LogP contribution is 2.15. The van der Waals surface area contributed by atoms with Crippen molar-refractivity contribution in [2.24, 2.45) is 0 Å². The molecule has 0 saturated carbocycles. The summed E-state index contributed by atoms with van der Waals surface area (Å²) in [5, 5.41) is 0. The number of hydrogen-bond donors (Lipinski definition) is 0. The van der Waals surface area contributed by atoms with Gasteiger partial charge in [-0.2, -0.15) is 0 Å². The summed E-state index contributed by atoms with van der Waals surface area (Å²) in [7, 11) is 0. The number of imidazole rings is 1. The average molecular weight is 328 g/mol. The first-order valence-electron chi connectivity index (χ1n) is 5.12. The molecule has 1 atom stereocenters. The van der Waals surface area contributed by atoms with Crippen LogP contribution >= 0.6 is 22.6 Å². The summed E-state index contributed by atoms with van der Waals surface area (Å²) in [6.07, 6.45) is 5.65. The molecule has 84 valence electrons. The van der Waals surface area contributed by atoms with Crippen LogP contribution < -0.4 is 4.74 Å². The first-order chi connectivity index (χ1) is 7.74. The van der Waals surface area contributed by atoms with Crippen molar-refractivity contribution in [2.75, 3.05) is 0 Å². The summed E-state index contributed by atoms with van der Waals surface area (Å²) >= 11 is 2.28. The Labute approximate surface area is 109 Å². The minimum Gasteiger partial charge on any atom is -0.489 e. The molecule has 16 heavy (non-hydrogen) atoms. The molecule has 0 saturated heterocycles. The van der Waals surface area contributed by atoms with Gasteiger partial charge in [0.25, 0.3) is 0 Å². The van der Waals surface area contributed by atoms with E-state index in [1.165, 1.54) is 3.57 Å². The van der Waals surface area contributed by atoms with Crippen LogP contribution in [0.25, 0.3) is 0 Å². The van der Waals surface area contributed by atoms with E-state index >= 15 is 0 Å². The Bertz CT molecular complexity index is 425. The van der Waals surface area contributed by atoms with Crippen LogP contribution in [0.2, 0.25) is 0 Å². The predicted molar refractivity (Wildman–Crippen MR) is 71.5 cm³/mol. The molecule has 0 aliphatic heterocycles. The fourth-order valence-electron chi connectivity index (χ4n) is 1.47. The fraction of sp³-hybridized carbons (Fsp3) is 0.250. The first-order valence-corrected chi connectivity index (χ1v) is 6.20. The van der Waals surface area contributed by atoms with E-state index in [4.69, 9.17) is 4.74 Å². The van der Waals surface area contributed by atoms with Crippen LogP contribution in [0.1, 0.15) is 6.92 Å². The molecule has 0 N–H and O–H groups in total. The van der Waals surface area contributed by atoms with Gasteiger partial charge in [0.15, 0.2) is 0 Å². The third-order valence-corrected chi connectivity index (χ3v) is 2.90. The van der Waals surface area contributed by atoms with Crippen molar-refractivity contribution in [3.05, 3.63) is 46.6 Å². The fourth-order valence-corrected chi connectivity index (χ4v) is 1.83. The zero-order valence-electron chi connectivity index (χ0n) is 9.01. The van der Waals surface area contributed by atoms with Gasteiger partial charge in [0.1, 0.15) is 11.9 Å². The molecule has 0 aliphatic rings. The molecule has 0 amide bonds. The predicted octanol–water partition coefficient (Wildman–Crippen LogP) is 2.96. The SMILES string of the molecule is CC(Cn1ccnc1)Oc1ccc(I)cc1. The highest BCUT2D eigenvalue weighted by molar-refractivity contribution is 14.1. The summed E-state index contributed by atoms with van der Waals surface area (Å²) in [5.74, 6) is 0.910. The van der Waals surface area contributed by atoms with Crippen LogP contribution in [-0.2, 0) is 6.54 Å². The third-order valence-electron chi connectivity index (χ3n) is 2.18. The number of halogens is 1. The van der Waals surface area contributed by atoms with Gasteiger partial charge >= 0.3 is 0 Å². The van der Waals surface area contributed by atoms with Gasteiger partial charge in [-0.25, -0.2) is 4.98 Å². The van der Waals surface area contributed by atoms with Gasteiger partial charge in [0.2, 0.25) is 0 Å². The highest BCUT2D eigenvalue weighted by atomic mass is 127. The van der Waals surface area contributed by atoms with Crippen molar-refractivity contribution in [3.8, 4) is 5.75 Å². The van der Waals surface area contributed by atoms with E-state index in [1.54, 1.807) is 12.5 Å². The van der Waals surface area contributed by atoms with Crippen LogP contribution in [0, 0.1) is 3.57 Å². The molecular weight excluding hydrogens is 315 g/mol. The second-order valence-electron chi connectivity index (χ2n) is 3.64. The second kappa shape index (κ2) is 5.34. The molecule has 0 aliphatic carbocycles. The molecular formula is C12H13IN2O. The lowest BCUT2D eigenvalue weighted by molar-refractivity contribution is 0.199. The van der Waals surface area contributed by atoms with Crippen molar-refractivity contribution >= 4 is 22.6 Å². The molecule has 1 aromatic carbocycles. The normalized spacial score (nSPS) is 12.4. The minimum absolute atomic E-state index is 0.134. The molecule has 0 bridgehead atoms. The summed E-state index contributed by atoms with van der Waals surface area (Å²) in [6, 6.07) is 8.07. The number of rotatable bonds is 4. The van der Waals surface area contributed by atoms with E-state index in [1.807, 2.05) is 35.0 Å². The Hall–Kier alpha value is -1.04. The summed E-state index contributed by atoms with van der Waals surface area (Å²) < 4.78 is 9.02. The lowest BCUT2D eigenvalue weighted by Gasteiger charge is -2.15. The highest BCUT2D eigenvalue weighted by Gasteiger charge is 2.04. The molecule has 2 aromatic rings. The number of aromatic nitrogens is 2. The summed E-state index contributed by atoms with van der Waals surface area (Å²) in [4.78, 5) is 4.00. The van der Waals surface area contributed by atoms with Gasteiger partial charge in [-0.05, 0) is 53.8 Å². The molecule has 1 unspecified atom stereocenters. The molecule has 3 nitrogen and oxygen atoms in total. The Kier molecular flexibility index (Phi) is 3.82. The van der Waals surface area contributed by atoms with Crippen molar-refractivity contribution < 1.29 is 4.74 Å². The molecule has 2 rings (SSSR count). The lowest BCUT2D eigenvalue weighted by atomic mass is 10.3. The standard InChI is InChI=1S/C12H13IN2O/c1-10(8-15-7-6-14-9-15)16-12-4-2-11(13)3-5-12/h2-7,9-10H,8H2,1H3. The van der Waals surface area contributed by atoms with Gasteiger partial charge in [-0.1, -0.05) is 0 Å². The van der Waals surface area contributed by atoms with Crippen LogP contribution in [-0.4, -0.2) is 15.7 Å². The van der Waals surface area contributed by atoms with Crippen LogP contribution in [0.4, 0.5) is 0 Å². The van der Waals surface area contributed by atoms with Crippen LogP contribution in [0.15, 0.2) is 43.0 Å². The molecule has 1 aromatic heterocycles. The van der Waals surface area contributed by atoms with Crippen LogP contribution in [0.3, 0.4) is 0 Å². The smallest absolute Gasteiger partial charge is 0.119 e. The zero-order valence-corrected chi connectivity index (χ0v) is 11.2. The molecule has 0 spiro atoms. The van der Waals surface area contributed by atoms with Gasteiger partial charge in [-0.15, -0.1) is 0 Å². The van der Waals surface area contributed by atoms with Crippen molar-refractivity contribution in [2.45, 2.75) is 19.6 Å². The Morgan fingerprint density at radius 2 is 2.12 bits per heavy atom. The van der Waals surface area contributed by atoms with Crippen molar-refractivity contribution in [1.29, 1.82) is 0 Å². The molecule has 1 heterocycles. The van der Waals surface area contributed by atoms with Crippen molar-refractivity contribution in [3.63, 3.8) is 0 Å². The van der Waals surface area contributed by atoms with Gasteiger partial charge < -0.3 is 9.30 Å². The second-order valence-corrected chi connectivity index (χ2v) is 4.89. The Morgan fingerprint density at radius 1 is 1.38 bits per heavy atom. The van der Waals surface area contributed by atoms with Gasteiger partial charge in [0.05, 0.1) is 12.9 Å². The number of hydrogen-bond acceptors (Lipinski definition) is 2. The Morgan fingerprint density at radius 3 is 2.75 bits per heavy atom. The summed E-state index contributed by atoms with van der Waals surface area (Å²) in [5.41, 5.74) is 0. The van der Waals surface area contributed by atoms with Gasteiger partial charge in [0, 0.05) is 16.0 Å². The zero-order chi connectivity index (χ0) is 11.4. The number of nitrogens with zero attached hydrogens (tertiary/aromatic N) is 2. The first kappa shape index (κ1) is 11.4. The molecule has 0 radical (unpaired) electrons. The lowest BCUT2D eigenvalue weighted by Crippen LogP contribution is -2.18.